The van der Waals surface area contributed by atoms with Crippen molar-refractivity contribution in [3.05, 3.63) is 29.6 Å². The smallest absolute Gasteiger partial charge is 0.0372 e. The molecule has 0 aliphatic carbocycles. The number of nitrogens with zero attached hydrogens (tertiary/aromatic N) is 2. The van der Waals surface area contributed by atoms with Crippen LogP contribution in [0.25, 0.3) is 0 Å². The van der Waals surface area contributed by atoms with Crippen LogP contribution in [0.15, 0.2) is 18.3 Å². The SMILES string of the molecule is Cc1ccc(CNN2CCCCC2)cn1. The fourth-order valence-electron chi connectivity index (χ4n) is 1.86. The summed E-state index contributed by atoms with van der Waals surface area (Å²) in [5, 5.41) is 2.32. The number of piperidine rings is 1. The maximum atomic E-state index is 4.28. The first kappa shape index (κ1) is 10.6. The average molecular weight is 205 g/mol. The summed E-state index contributed by atoms with van der Waals surface area (Å²) in [6, 6.07) is 4.20. The van der Waals surface area contributed by atoms with E-state index < -0.39 is 0 Å². The van der Waals surface area contributed by atoms with E-state index in [9.17, 15) is 0 Å². The maximum absolute atomic E-state index is 4.28. The van der Waals surface area contributed by atoms with Crippen LogP contribution in [-0.4, -0.2) is 23.1 Å². The van der Waals surface area contributed by atoms with Crippen LogP contribution >= 0.6 is 0 Å². The van der Waals surface area contributed by atoms with Crippen molar-refractivity contribution in [3.63, 3.8) is 0 Å². The Labute approximate surface area is 91.5 Å². The summed E-state index contributed by atoms with van der Waals surface area (Å²) in [6.45, 7) is 5.27. The zero-order valence-corrected chi connectivity index (χ0v) is 9.37. The molecule has 1 aliphatic rings. The summed E-state index contributed by atoms with van der Waals surface area (Å²) in [4.78, 5) is 4.28. The Hall–Kier alpha value is -0.930. The lowest BCUT2D eigenvalue weighted by Gasteiger charge is -2.27. The Bertz CT molecular complexity index is 288. The number of hydrogen-bond acceptors (Lipinski definition) is 3. The van der Waals surface area contributed by atoms with Crippen LogP contribution in [0.3, 0.4) is 0 Å². The number of hydrogen-bond donors (Lipinski definition) is 1. The van der Waals surface area contributed by atoms with Crippen molar-refractivity contribution in [1.29, 1.82) is 0 Å². The van der Waals surface area contributed by atoms with E-state index in [1.165, 1.54) is 37.9 Å². The number of pyridine rings is 1. The van der Waals surface area contributed by atoms with Gasteiger partial charge in [-0.25, -0.2) is 5.01 Å². The minimum atomic E-state index is 0.896. The van der Waals surface area contributed by atoms with E-state index in [2.05, 4.69) is 27.6 Å². The Balaban J connectivity index is 1.79. The summed E-state index contributed by atoms with van der Waals surface area (Å²) in [5.74, 6) is 0. The molecule has 2 rings (SSSR count). The van der Waals surface area contributed by atoms with Gasteiger partial charge >= 0.3 is 0 Å². The van der Waals surface area contributed by atoms with Gasteiger partial charge in [0.2, 0.25) is 0 Å². The van der Waals surface area contributed by atoms with Gasteiger partial charge in [0.1, 0.15) is 0 Å². The fourth-order valence-corrected chi connectivity index (χ4v) is 1.86. The van der Waals surface area contributed by atoms with Gasteiger partial charge in [-0.05, 0) is 31.4 Å². The van der Waals surface area contributed by atoms with Gasteiger partial charge in [-0.15, -0.1) is 0 Å². The van der Waals surface area contributed by atoms with Crippen molar-refractivity contribution in [1.82, 2.24) is 15.4 Å². The molecule has 0 spiro atoms. The zero-order chi connectivity index (χ0) is 10.5. The lowest BCUT2D eigenvalue weighted by Crippen LogP contribution is -2.41. The minimum absolute atomic E-state index is 0.896. The highest BCUT2D eigenvalue weighted by atomic mass is 15.5. The standard InChI is InChI=1S/C12H19N3/c1-11-5-6-12(9-13-11)10-14-15-7-3-2-4-8-15/h5-6,9,14H,2-4,7-8,10H2,1H3. The molecule has 0 atom stereocenters. The maximum Gasteiger partial charge on any atom is 0.0372 e. The largest absolute Gasteiger partial charge is 0.261 e. The van der Waals surface area contributed by atoms with E-state index in [-0.39, 0.29) is 0 Å². The number of nitrogens with one attached hydrogen (secondary N) is 1. The second-order valence-electron chi connectivity index (χ2n) is 4.19. The third-order valence-electron chi connectivity index (χ3n) is 2.84. The average Bonchev–Trinajstić information content (AvgIpc) is 2.30. The molecule has 1 fully saturated rings. The number of aromatic nitrogens is 1. The van der Waals surface area contributed by atoms with Crippen LogP contribution in [0, 0.1) is 6.92 Å². The van der Waals surface area contributed by atoms with Gasteiger partial charge in [-0.1, -0.05) is 12.5 Å². The Kier molecular flexibility index (Phi) is 3.69. The molecular weight excluding hydrogens is 186 g/mol. The quantitative estimate of drug-likeness (QED) is 0.816. The Morgan fingerprint density at radius 1 is 1.27 bits per heavy atom. The summed E-state index contributed by atoms with van der Waals surface area (Å²) in [6.07, 6.45) is 5.97. The van der Waals surface area contributed by atoms with E-state index in [1.54, 1.807) is 0 Å². The molecule has 3 heteroatoms. The van der Waals surface area contributed by atoms with E-state index in [0.29, 0.717) is 0 Å². The zero-order valence-electron chi connectivity index (χ0n) is 9.37. The second-order valence-corrected chi connectivity index (χ2v) is 4.19. The topological polar surface area (TPSA) is 28.2 Å². The van der Waals surface area contributed by atoms with E-state index in [4.69, 9.17) is 0 Å². The van der Waals surface area contributed by atoms with Gasteiger partial charge in [0.05, 0.1) is 0 Å². The molecule has 0 aromatic carbocycles. The molecule has 2 heterocycles. The van der Waals surface area contributed by atoms with Crippen molar-refractivity contribution < 1.29 is 0 Å². The molecule has 82 valence electrons. The van der Waals surface area contributed by atoms with Crippen molar-refractivity contribution in [3.8, 4) is 0 Å². The lowest BCUT2D eigenvalue weighted by molar-refractivity contribution is 0.151. The molecule has 1 saturated heterocycles. The highest BCUT2D eigenvalue weighted by Crippen LogP contribution is 2.06. The van der Waals surface area contributed by atoms with Crippen molar-refractivity contribution >= 4 is 0 Å². The molecule has 1 aliphatic heterocycles. The molecule has 0 saturated carbocycles. The van der Waals surface area contributed by atoms with Crippen LogP contribution in [0.5, 0.6) is 0 Å². The summed E-state index contributed by atoms with van der Waals surface area (Å²) >= 11 is 0. The van der Waals surface area contributed by atoms with Crippen molar-refractivity contribution in [2.24, 2.45) is 0 Å². The molecular formula is C12H19N3. The van der Waals surface area contributed by atoms with Gasteiger partial charge in [0.15, 0.2) is 0 Å². The first-order valence-electron chi connectivity index (χ1n) is 5.74. The van der Waals surface area contributed by atoms with Crippen molar-refractivity contribution in [2.45, 2.75) is 32.7 Å². The van der Waals surface area contributed by atoms with Gasteiger partial charge in [-0.3, -0.25) is 10.4 Å². The summed E-state index contributed by atoms with van der Waals surface area (Å²) in [7, 11) is 0. The van der Waals surface area contributed by atoms with Crippen LogP contribution in [0.1, 0.15) is 30.5 Å². The van der Waals surface area contributed by atoms with Crippen molar-refractivity contribution in [2.75, 3.05) is 13.1 Å². The highest BCUT2D eigenvalue weighted by Gasteiger charge is 2.08. The van der Waals surface area contributed by atoms with Crippen LogP contribution in [0.4, 0.5) is 0 Å². The normalized spacial score (nSPS) is 17.9. The third kappa shape index (κ3) is 3.29. The van der Waals surface area contributed by atoms with Crippen LogP contribution in [-0.2, 0) is 6.54 Å². The predicted octanol–water partition coefficient (Wildman–Crippen LogP) is 1.88. The molecule has 0 radical (unpaired) electrons. The molecule has 15 heavy (non-hydrogen) atoms. The number of hydrazine groups is 1. The second kappa shape index (κ2) is 5.24. The molecule has 0 unspecified atom stereocenters. The summed E-state index contributed by atoms with van der Waals surface area (Å²) < 4.78 is 0. The first-order valence-corrected chi connectivity index (χ1v) is 5.74. The third-order valence-corrected chi connectivity index (χ3v) is 2.84. The monoisotopic (exact) mass is 205 g/mol. The van der Waals surface area contributed by atoms with E-state index in [1.807, 2.05) is 13.1 Å². The van der Waals surface area contributed by atoms with Gasteiger partial charge in [-0.2, -0.15) is 0 Å². The molecule has 0 bridgehead atoms. The van der Waals surface area contributed by atoms with Gasteiger partial charge in [0, 0.05) is 31.5 Å². The molecule has 1 N–H and O–H groups in total. The molecule has 1 aromatic heterocycles. The molecule has 1 aromatic rings. The Morgan fingerprint density at radius 2 is 2.07 bits per heavy atom. The predicted molar refractivity (Wildman–Crippen MR) is 61.2 cm³/mol. The van der Waals surface area contributed by atoms with E-state index in [0.717, 1.165) is 12.2 Å². The van der Waals surface area contributed by atoms with Gasteiger partial charge in [0.25, 0.3) is 0 Å². The summed E-state index contributed by atoms with van der Waals surface area (Å²) in [5.41, 5.74) is 5.79. The Morgan fingerprint density at radius 3 is 2.73 bits per heavy atom. The van der Waals surface area contributed by atoms with Gasteiger partial charge < -0.3 is 0 Å². The van der Waals surface area contributed by atoms with Crippen LogP contribution in [0.2, 0.25) is 0 Å². The number of aryl methyl sites for hydroxylation is 1. The van der Waals surface area contributed by atoms with Crippen LogP contribution < -0.4 is 5.43 Å². The number of rotatable bonds is 3. The van der Waals surface area contributed by atoms with E-state index >= 15 is 0 Å². The lowest BCUT2D eigenvalue weighted by atomic mass is 10.2. The molecule has 3 nitrogen and oxygen atoms in total. The fraction of sp³-hybridized carbons (Fsp3) is 0.583. The minimum Gasteiger partial charge on any atom is -0.261 e. The first-order chi connectivity index (χ1) is 7.34. The highest BCUT2D eigenvalue weighted by molar-refractivity contribution is 5.12. The molecule has 0 amide bonds.